The van der Waals surface area contributed by atoms with E-state index in [0.717, 1.165) is 10.6 Å². The highest BCUT2D eigenvalue weighted by molar-refractivity contribution is 6.07. The molecular formula is C22H25FN4O3. The van der Waals surface area contributed by atoms with Gasteiger partial charge in [0.25, 0.3) is 11.8 Å². The van der Waals surface area contributed by atoms with E-state index in [1.165, 1.54) is 6.07 Å². The minimum Gasteiger partial charge on any atom is -0.322 e. The van der Waals surface area contributed by atoms with Crippen molar-refractivity contribution in [1.29, 1.82) is 0 Å². The smallest absolute Gasteiger partial charge is 0.322 e. The van der Waals surface area contributed by atoms with Gasteiger partial charge in [-0.25, -0.2) is 9.18 Å². The van der Waals surface area contributed by atoms with Gasteiger partial charge in [0, 0.05) is 12.1 Å². The highest BCUT2D eigenvalue weighted by Crippen LogP contribution is 2.22. The van der Waals surface area contributed by atoms with Crippen LogP contribution < -0.4 is 10.7 Å². The number of carbonyl (C=O) groups excluding carboxylic acids is 3. The zero-order valence-corrected chi connectivity index (χ0v) is 17.0. The lowest BCUT2D eigenvalue weighted by atomic mass is 9.93. The Morgan fingerprint density at radius 1 is 1.13 bits per heavy atom. The Balaban J connectivity index is 1.55. The van der Waals surface area contributed by atoms with Crippen molar-refractivity contribution in [3.05, 3.63) is 71.5 Å². The summed E-state index contributed by atoms with van der Waals surface area (Å²) in [4.78, 5) is 39.0. The third-order valence-corrected chi connectivity index (χ3v) is 5.07. The first-order valence-corrected chi connectivity index (χ1v) is 9.70. The molecule has 2 aromatic carbocycles. The van der Waals surface area contributed by atoms with Crippen molar-refractivity contribution in [2.75, 3.05) is 13.6 Å². The van der Waals surface area contributed by atoms with E-state index in [4.69, 9.17) is 0 Å². The zero-order chi connectivity index (χ0) is 21.7. The number of amides is 4. The second kappa shape index (κ2) is 9.04. The normalized spacial score (nSPS) is 18.6. The molecule has 1 aliphatic heterocycles. The van der Waals surface area contributed by atoms with Crippen LogP contribution in [0.25, 0.3) is 0 Å². The second-order valence-electron chi connectivity index (χ2n) is 7.69. The van der Waals surface area contributed by atoms with Crippen LogP contribution in [-0.4, -0.2) is 46.9 Å². The van der Waals surface area contributed by atoms with Crippen LogP contribution in [0, 0.1) is 5.82 Å². The molecule has 0 aliphatic carbocycles. The van der Waals surface area contributed by atoms with Crippen LogP contribution >= 0.6 is 0 Å². The maximum absolute atomic E-state index is 13.8. The van der Waals surface area contributed by atoms with Crippen LogP contribution in [-0.2, 0) is 22.6 Å². The van der Waals surface area contributed by atoms with Gasteiger partial charge in [-0.3, -0.25) is 19.9 Å². The number of rotatable bonds is 8. The number of likely N-dealkylation sites (N-methyl/N-ethyl adjacent to an activating group) is 1. The number of halogens is 1. The molecule has 0 radical (unpaired) electrons. The Morgan fingerprint density at radius 2 is 1.80 bits per heavy atom. The van der Waals surface area contributed by atoms with Crippen LogP contribution in [0.5, 0.6) is 0 Å². The largest absolute Gasteiger partial charge is 0.344 e. The van der Waals surface area contributed by atoms with Gasteiger partial charge >= 0.3 is 6.03 Å². The van der Waals surface area contributed by atoms with E-state index in [9.17, 15) is 18.8 Å². The molecule has 2 N–H and O–H groups in total. The molecule has 7 nitrogen and oxygen atoms in total. The highest BCUT2D eigenvalue weighted by atomic mass is 19.1. The van der Waals surface area contributed by atoms with Crippen LogP contribution in [0.4, 0.5) is 9.18 Å². The summed E-state index contributed by atoms with van der Waals surface area (Å²) in [7, 11) is 1.65. The zero-order valence-electron chi connectivity index (χ0n) is 17.0. The van der Waals surface area contributed by atoms with E-state index in [0.29, 0.717) is 18.4 Å². The summed E-state index contributed by atoms with van der Waals surface area (Å²) < 4.78 is 13.8. The first kappa shape index (κ1) is 21.4. The Labute approximate surface area is 174 Å². The average Bonchev–Trinajstić information content (AvgIpc) is 2.92. The molecular weight excluding hydrogens is 387 g/mol. The van der Waals surface area contributed by atoms with Crippen molar-refractivity contribution in [2.24, 2.45) is 0 Å². The van der Waals surface area contributed by atoms with Crippen LogP contribution in [0.15, 0.2) is 54.6 Å². The van der Waals surface area contributed by atoms with Crippen molar-refractivity contribution in [3.8, 4) is 0 Å². The Kier molecular flexibility index (Phi) is 6.47. The summed E-state index contributed by atoms with van der Waals surface area (Å²) in [5.74, 6) is -1.40. The van der Waals surface area contributed by atoms with Gasteiger partial charge in [-0.1, -0.05) is 48.5 Å². The molecule has 0 unspecified atom stereocenters. The van der Waals surface area contributed by atoms with Gasteiger partial charge in [-0.05, 0) is 38.4 Å². The molecule has 1 atom stereocenters. The fraction of sp³-hybridized carbons (Fsp3) is 0.318. The van der Waals surface area contributed by atoms with Crippen LogP contribution in [0.3, 0.4) is 0 Å². The molecule has 0 spiro atoms. The Hall–Kier alpha value is -3.26. The first-order chi connectivity index (χ1) is 14.3. The lowest BCUT2D eigenvalue weighted by molar-refractivity contribution is -0.139. The number of hydrogen-bond acceptors (Lipinski definition) is 4. The predicted octanol–water partition coefficient (Wildman–Crippen LogP) is 2.23. The SMILES string of the molecule is CN(CC(=O)NN1C(=O)N[C@@](C)(CCc2ccccc2)C1=O)Cc1ccccc1F. The second-order valence-corrected chi connectivity index (χ2v) is 7.69. The first-order valence-electron chi connectivity index (χ1n) is 9.70. The summed E-state index contributed by atoms with van der Waals surface area (Å²) in [5.41, 5.74) is 2.77. The molecule has 4 amide bonds. The van der Waals surface area contributed by atoms with Crippen molar-refractivity contribution in [1.82, 2.24) is 20.7 Å². The van der Waals surface area contributed by atoms with E-state index in [-0.39, 0.29) is 18.9 Å². The van der Waals surface area contributed by atoms with Gasteiger partial charge in [0.1, 0.15) is 11.4 Å². The van der Waals surface area contributed by atoms with Crippen molar-refractivity contribution in [2.45, 2.75) is 31.8 Å². The molecule has 1 aliphatic rings. The summed E-state index contributed by atoms with van der Waals surface area (Å²) in [6.45, 7) is 1.76. The number of hydrazine groups is 1. The molecule has 8 heteroatoms. The minimum absolute atomic E-state index is 0.105. The topological polar surface area (TPSA) is 81.8 Å². The molecule has 0 saturated carbocycles. The number of aryl methyl sites for hydroxylation is 1. The van der Waals surface area contributed by atoms with Gasteiger partial charge in [0.05, 0.1) is 6.54 Å². The molecule has 1 fully saturated rings. The number of benzene rings is 2. The molecule has 2 aromatic rings. The standard InChI is InChI=1S/C22H25FN4O3/c1-22(13-12-16-8-4-3-5-9-16)20(29)27(21(30)24-22)25-19(28)15-26(2)14-17-10-6-7-11-18(17)23/h3-11H,12-15H2,1-2H3,(H,24,30)(H,25,28)/t22-/m0/s1. The minimum atomic E-state index is -1.10. The van der Waals surface area contributed by atoms with Gasteiger partial charge in [0.15, 0.2) is 0 Å². The third-order valence-electron chi connectivity index (χ3n) is 5.07. The maximum atomic E-state index is 13.8. The number of imide groups is 1. The fourth-order valence-corrected chi connectivity index (χ4v) is 3.37. The number of carbonyl (C=O) groups is 3. The van der Waals surface area contributed by atoms with E-state index in [1.807, 2.05) is 30.3 Å². The summed E-state index contributed by atoms with van der Waals surface area (Å²) in [6, 6.07) is 15.3. The number of hydrogen-bond donors (Lipinski definition) is 2. The lowest BCUT2D eigenvalue weighted by Crippen LogP contribution is -2.51. The quantitative estimate of drug-likeness (QED) is 0.652. The summed E-state index contributed by atoms with van der Waals surface area (Å²) in [6.07, 6.45) is 1.01. The van der Waals surface area contributed by atoms with Crippen molar-refractivity contribution >= 4 is 17.8 Å². The monoisotopic (exact) mass is 412 g/mol. The maximum Gasteiger partial charge on any atom is 0.344 e. The number of nitrogens with one attached hydrogen (secondary N) is 2. The van der Waals surface area contributed by atoms with E-state index in [2.05, 4.69) is 10.7 Å². The number of urea groups is 1. The molecule has 0 bridgehead atoms. The average molecular weight is 412 g/mol. The molecule has 3 rings (SSSR count). The van der Waals surface area contributed by atoms with E-state index < -0.39 is 23.4 Å². The third kappa shape index (κ3) is 5.01. The van der Waals surface area contributed by atoms with Crippen molar-refractivity contribution in [3.63, 3.8) is 0 Å². The Bertz CT molecular complexity index is 937. The van der Waals surface area contributed by atoms with Gasteiger partial charge in [0.2, 0.25) is 0 Å². The number of nitrogens with zero attached hydrogens (tertiary/aromatic N) is 2. The predicted molar refractivity (Wildman–Crippen MR) is 109 cm³/mol. The fourth-order valence-electron chi connectivity index (χ4n) is 3.37. The van der Waals surface area contributed by atoms with E-state index >= 15 is 0 Å². The summed E-state index contributed by atoms with van der Waals surface area (Å²) in [5, 5.41) is 3.39. The van der Waals surface area contributed by atoms with Gasteiger partial charge < -0.3 is 5.32 Å². The molecule has 0 aromatic heterocycles. The molecule has 1 heterocycles. The molecule has 158 valence electrons. The molecule has 1 saturated heterocycles. The molecule has 30 heavy (non-hydrogen) atoms. The van der Waals surface area contributed by atoms with E-state index in [1.54, 1.807) is 37.1 Å². The van der Waals surface area contributed by atoms with Gasteiger partial charge in [-0.2, -0.15) is 5.01 Å². The van der Waals surface area contributed by atoms with Gasteiger partial charge in [-0.15, -0.1) is 0 Å². The van der Waals surface area contributed by atoms with Crippen LogP contribution in [0.1, 0.15) is 24.5 Å². The lowest BCUT2D eigenvalue weighted by Gasteiger charge is -2.22. The van der Waals surface area contributed by atoms with Crippen LogP contribution in [0.2, 0.25) is 0 Å². The van der Waals surface area contributed by atoms with Crippen molar-refractivity contribution < 1.29 is 18.8 Å². The highest BCUT2D eigenvalue weighted by Gasteiger charge is 2.48. The Morgan fingerprint density at radius 3 is 2.50 bits per heavy atom. The summed E-state index contributed by atoms with van der Waals surface area (Å²) >= 11 is 0.